The highest BCUT2D eigenvalue weighted by molar-refractivity contribution is 6.44. The Labute approximate surface area is 144 Å². The highest BCUT2D eigenvalue weighted by Crippen LogP contribution is 2.20. The van der Waals surface area contributed by atoms with E-state index in [0.29, 0.717) is 22.0 Å². The van der Waals surface area contributed by atoms with E-state index in [2.05, 4.69) is 5.32 Å². The van der Waals surface area contributed by atoms with Gasteiger partial charge in [0.25, 0.3) is 5.91 Å². The quantitative estimate of drug-likeness (QED) is 0.494. The van der Waals surface area contributed by atoms with Gasteiger partial charge in [-0.2, -0.15) is 0 Å². The molecule has 5 nitrogen and oxygen atoms in total. The number of carbonyl (C=O) groups is 3. The minimum Gasteiger partial charge on any atom is -0.497 e. The lowest BCUT2D eigenvalue weighted by molar-refractivity contribution is -0.134. The summed E-state index contributed by atoms with van der Waals surface area (Å²) in [6.45, 7) is 1.83. The molecule has 0 unspecified atom stereocenters. The molecule has 0 aliphatic rings. The van der Waals surface area contributed by atoms with Crippen LogP contribution < -0.4 is 10.1 Å². The predicted octanol–water partition coefficient (Wildman–Crippen LogP) is 3.44. The Morgan fingerprint density at radius 2 is 1.88 bits per heavy atom. The molecule has 0 bridgehead atoms. The van der Waals surface area contributed by atoms with E-state index in [9.17, 15) is 14.4 Å². The number of aryl methyl sites for hydroxylation is 1. The highest BCUT2D eigenvalue weighted by atomic mass is 35.5. The van der Waals surface area contributed by atoms with E-state index in [-0.39, 0.29) is 0 Å². The van der Waals surface area contributed by atoms with Crippen LogP contribution in [0.2, 0.25) is 5.02 Å². The molecule has 0 saturated carbocycles. The molecule has 124 valence electrons. The van der Waals surface area contributed by atoms with Crippen LogP contribution in [0.4, 0.5) is 5.69 Å². The van der Waals surface area contributed by atoms with Gasteiger partial charge in [0.2, 0.25) is 5.78 Å². The molecule has 0 aromatic heterocycles. The first-order chi connectivity index (χ1) is 11.4. The summed E-state index contributed by atoms with van der Waals surface area (Å²) in [5.41, 5.74) is 1.57. The van der Waals surface area contributed by atoms with Crippen molar-refractivity contribution < 1.29 is 19.1 Å². The maximum absolute atomic E-state index is 12.1. The van der Waals surface area contributed by atoms with Gasteiger partial charge in [0.05, 0.1) is 13.5 Å². The summed E-state index contributed by atoms with van der Waals surface area (Å²) in [6, 6.07) is 11.3. The van der Waals surface area contributed by atoms with Crippen molar-refractivity contribution in [2.75, 3.05) is 12.4 Å². The molecule has 2 rings (SSSR count). The minimum atomic E-state index is -0.855. The van der Waals surface area contributed by atoms with Gasteiger partial charge in [-0.3, -0.25) is 14.4 Å². The van der Waals surface area contributed by atoms with Crippen LogP contribution in [0.15, 0.2) is 42.5 Å². The summed E-state index contributed by atoms with van der Waals surface area (Å²) in [6.07, 6.45) is -0.515. The summed E-state index contributed by atoms with van der Waals surface area (Å²) in [5, 5.41) is 2.92. The zero-order valence-corrected chi connectivity index (χ0v) is 14.0. The molecule has 24 heavy (non-hydrogen) atoms. The average molecular weight is 346 g/mol. The van der Waals surface area contributed by atoms with Crippen molar-refractivity contribution in [3.63, 3.8) is 0 Å². The second kappa shape index (κ2) is 7.75. The van der Waals surface area contributed by atoms with Crippen LogP contribution in [0.1, 0.15) is 22.3 Å². The van der Waals surface area contributed by atoms with Crippen molar-refractivity contribution in [3.8, 4) is 5.75 Å². The third-order valence-corrected chi connectivity index (χ3v) is 3.80. The van der Waals surface area contributed by atoms with Gasteiger partial charge in [-0.05, 0) is 36.8 Å². The number of anilines is 1. The minimum absolute atomic E-state index is 0.314. The lowest BCUT2D eigenvalue weighted by atomic mass is 10.1. The maximum Gasteiger partial charge on any atom is 0.292 e. The molecule has 1 N–H and O–H groups in total. The molecule has 0 fully saturated rings. The van der Waals surface area contributed by atoms with Gasteiger partial charge in [0.1, 0.15) is 5.75 Å². The number of ketones is 2. The standard InChI is InChI=1S/C18H16ClNO4/c1-11-6-7-13(9-15(11)19)20-18(23)17(22)10-16(21)12-4-3-5-14(8-12)24-2/h3-9H,10H2,1-2H3,(H,20,23). The highest BCUT2D eigenvalue weighted by Gasteiger charge is 2.19. The number of hydrogen-bond acceptors (Lipinski definition) is 4. The Hall–Kier alpha value is -2.66. The number of halogens is 1. The summed E-state index contributed by atoms with van der Waals surface area (Å²) < 4.78 is 5.03. The van der Waals surface area contributed by atoms with Crippen LogP contribution in [0, 0.1) is 6.92 Å². The van der Waals surface area contributed by atoms with Crippen LogP contribution in [-0.4, -0.2) is 24.6 Å². The summed E-state index contributed by atoms with van der Waals surface area (Å²) >= 11 is 5.97. The summed E-state index contributed by atoms with van der Waals surface area (Å²) in [7, 11) is 1.48. The molecule has 2 aromatic carbocycles. The number of hydrogen-bond donors (Lipinski definition) is 1. The van der Waals surface area contributed by atoms with Crippen molar-refractivity contribution >= 4 is 34.8 Å². The van der Waals surface area contributed by atoms with Crippen LogP contribution >= 0.6 is 11.6 Å². The fraction of sp³-hybridized carbons (Fsp3) is 0.167. The molecule has 0 spiro atoms. The molecule has 0 saturated heterocycles. The van der Waals surface area contributed by atoms with Gasteiger partial charge >= 0.3 is 0 Å². The van der Waals surface area contributed by atoms with Gasteiger partial charge in [0.15, 0.2) is 5.78 Å². The van der Waals surface area contributed by atoms with Crippen LogP contribution in [0.3, 0.4) is 0 Å². The van der Waals surface area contributed by atoms with Gasteiger partial charge in [-0.1, -0.05) is 29.8 Å². The molecule has 2 aromatic rings. The van der Waals surface area contributed by atoms with Gasteiger partial charge < -0.3 is 10.1 Å². The van der Waals surface area contributed by atoms with Crippen LogP contribution in [0.25, 0.3) is 0 Å². The van der Waals surface area contributed by atoms with E-state index in [1.165, 1.54) is 13.2 Å². The zero-order chi connectivity index (χ0) is 17.7. The smallest absolute Gasteiger partial charge is 0.292 e. The number of amides is 1. The van der Waals surface area contributed by atoms with Gasteiger partial charge in [-0.15, -0.1) is 0 Å². The number of methoxy groups -OCH3 is 1. The molecule has 1 amide bonds. The molecule has 6 heteroatoms. The lowest BCUT2D eigenvalue weighted by Crippen LogP contribution is -2.25. The number of nitrogens with one attached hydrogen (secondary N) is 1. The number of rotatable bonds is 6. The first-order valence-corrected chi connectivity index (χ1v) is 7.56. The molecular formula is C18H16ClNO4. The second-order valence-electron chi connectivity index (χ2n) is 5.17. The normalized spacial score (nSPS) is 10.1. The van der Waals surface area contributed by atoms with E-state index in [0.717, 1.165) is 5.56 Å². The lowest BCUT2D eigenvalue weighted by Gasteiger charge is -2.06. The maximum atomic E-state index is 12.1. The SMILES string of the molecule is COc1cccc(C(=O)CC(=O)C(=O)Nc2ccc(C)c(Cl)c2)c1. The predicted molar refractivity (Wildman–Crippen MR) is 91.8 cm³/mol. The number of carbonyl (C=O) groups excluding carboxylic acids is 3. The zero-order valence-electron chi connectivity index (χ0n) is 13.3. The third-order valence-electron chi connectivity index (χ3n) is 3.40. The van der Waals surface area contributed by atoms with E-state index in [4.69, 9.17) is 16.3 Å². The summed E-state index contributed by atoms with van der Waals surface area (Å²) in [4.78, 5) is 36.0. The first-order valence-electron chi connectivity index (χ1n) is 7.18. The topological polar surface area (TPSA) is 72.5 Å². The fourth-order valence-corrected chi connectivity index (χ4v) is 2.18. The largest absolute Gasteiger partial charge is 0.497 e. The van der Waals surface area contributed by atoms with Gasteiger partial charge in [-0.25, -0.2) is 0 Å². The van der Waals surface area contributed by atoms with Gasteiger partial charge in [0, 0.05) is 16.3 Å². The van der Waals surface area contributed by atoms with Crippen molar-refractivity contribution in [3.05, 3.63) is 58.6 Å². The molecule has 0 atom stereocenters. The molecule has 0 radical (unpaired) electrons. The van der Waals surface area contributed by atoms with Crippen molar-refractivity contribution in [1.29, 1.82) is 0 Å². The Morgan fingerprint density at radius 3 is 2.54 bits per heavy atom. The molecule has 0 heterocycles. The van der Waals surface area contributed by atoms with Crippen molar-refractivity contribution in [1.82, 2.24) is 0 Å². The van der Waals surface area contributed by atoms with E-state index in [1.54, 1.807) is 36.4 Å². The van der Waals surface area contributed by atoms with E-state index in [1.807, 2.05) is 6.92 Å². The monoisotopic (exact) mass is 345 g/mol. The van der Waals surface area contributed by atoms with Crippen molar-refractivity contribution in [2.24, 2.45) is 0 Å². The fourth-order valence-electron chi connectivity index (χ4n) is 2.00. The summed E-state index contributed by atoms with van der Waals surface area (Å²) in [5.74, 6) is -1.62. The Morgan fingerprint density at radius 1 is 1.12 bits per heavy atom. The molecule has 0 aliphatic heterocycles. The Balaban J connectivity index is 2.01. The third kappa shape index (κ3) is 4.43. The number of Topliss-reactive ketones (excluding diaryl/α,β-unsaturated/α-hetero) is 2. The number of benzene rings is 2. The van der Waals surface area contributed by atoms with Crippen LogP contribution in [-0.2, 0) is 9.59 Å². The van der Waals surface area contributed by atoms with E-state index >= 15 is 0 Å². The number of ether oxygens (including phenoxy) is 1. The first kappa shape index (κ1) is 17.7. The average Bonchev–Trinajstić information content (AvgIpc) is 2.58. The Bertz CT molecular complexity index is 801. The second-order valence-corrected chi connectivity index (χ2v) is 5.58. The van der Waals surface area contributed by atoms with Crippen LogP contribution in [0.5, 0.6) is 5.75 Å². The van der Waals surface area contributed by atoms with Crippen molar-refractivity contribution in [2.45, 2.75) is 13.3 Å². The van der Waals surface area contributed by atoms with E-state index < -0.39 is 23.9 Å². The molecular weight excluding hydrogens is 330 g/mol. The molecule has 0 aliphatic carbocycles. The Kier molecular flexibility index (Phi) is 5.71.